The quantitative estimate of drug-likeness (QED) is 0.494. The van der Waals surface area contributed by atoms with E-state index >= 15 is 0 Å². The van der Waals surface area contributed by atoms with Gasteiger partial charge in [-0.2, -0.15) is 0 Å². The van der Waals surface area contributed by atoms with Crippen LogP contribution in [-0.2, 0) is 4.74 Å². The fourth-order valence-corrected chi connectivity index (χ4v) is 4.31. The van der Waals surface area contributed by atoms with Crippen LogP contribution >= 0.6 is 0 Å². The Balaban J connectivity index is 1.56. The summed E-state index contributed by atoms with van der Waals surface area (Å²) >= 11 is 0. The molecule has 0 spiro atoms. The number of halogens is 2. The minimum absolute atomic E-state index is 0.316. The predicted molar refractivity (Wildman–Crippen MR) is 124 cm³/mol. The average Bonchev–Trinajstić information content (AvgIpc) is 3.33. The molecule has 0 unspecified atom stereocenters. The first-order chi connectivity index (χ1) is 16.4. The molecule has 3 N–H and O–H groups in total. The number of nitrogens with zero attached hydrogens (tertiary/aromatic N) is 2. The maximum atomic E-state index is 13.9. The number of urea groups is 1. The molecule has 8 nitrogen and oxygen atoms in total. The van der Waals surface area contributed by atoms with Crippen molar-refractivity contribution in [3.63, 3.8) is 0 Å². The Hall–Kier alpha value is -3.50. The van der Waals surface area contributed by atoms with Crippen LogP contribution in [0.3, 0.4) is 0 Å². The number of aromatic nitrogens is 2. The first-order valence-electron chi connectivity index (χ1n) is 11.0. The largest absolute Gasteiger partial charge is 0.383 e. The van der Waals surface area contributed by atoms with Crippen molar-refractivity contribution in [2.75, 3.05) is 38.7 Å². The number of carbonyl (C=O) groups is 1. The third-order valence-electron chi connectivity index (χ3n) is 6.02. The van der Waals surface area contributed by atoms with Crippen LogP contribution in [0, 0.1) is 18.6 Å². The van der Waals surface area contributed by atoms with Crippen LogP contribution in [0.4, 0.5) is 19.4 Å². The maximum absolute atomic E-state index is 13.9. The Bertz CT molecular complexity index is 1190. The molecule has 1 aliphatic rings. The second-order valence-electron chi connectivity index (χ2n) is 8.35. The molecular formula is C24H27F2N5O3. The van der Waals surface area contributed by atoms with Gasteiger partial charge >= 0.3 is 6.03 Å². The normalized spacial score (nSPS) is 18.2. The number of ether oxygens (including phenoxy) is 1. The molecule has 3 aromatic rings. The fourth-order valence-electron chi connectivity index (χ4n) is 4.31. The van der Waals surface area contributed by atoms with E-state index in [0.717, 1.165) is 6.07 Å². The molecule has 34 heavy (non-hydrogen) atoms. The molecule has 1 saturated heterocycles. The summed E-state index contributed by atoms with van der Waals surface area (Å²) in [7, 11) is 1.60. The molecule has 1 fully saturated rings. The van der Waals surface area contributed by atoms with Crippen molar-refractivity contribution in [3.8, 4) is 5.69 Å². The van der Waals surface area contributed by atoms with E-state index < -0.39 is 23.7 Å². The van der Waals surface area contributed by atoms with E-state index in [1.807, 2.05) is 18.2 Å². The Labute approximate surface area is 195 Å². The van der Waals surface area contributed by atoms with Gasteiger partial charge in [-0.25, -0.2) is 18.3 Å². The van der Waals surface area contributed by atoms with Gasteiger partial charge < -0.3 is 10.1 Å². The van der Waals surface area contributed by atoms with Crippen molar-refractivity contribution in [1.29, 1.82) is 0 Å². The molecular weight excluding hydrogens is 444 g/mol. The number of rotatable bonds is 7. The highest BCUT2D eigenvalue weighted by atomic mass is 19.1. The number of benzene rings is 2. The number of hydrogen-bond acceptors (Lipinski definition) is 4. The monoisotopic (exact) mass is 471 g/mol. The molecule has 0 radical (unpaired) electrons. The lowest BCUT2D eigenvalue weighted by atomic mass is 9.94. The summed E-state index contributed by atoms with van der Waals surface area (Å²) in [5, 5.41) is 8.42. The van der Waals surface area contributed by atoms with Crippen molar-refractivity contribution in [2.24, 2.45) is 0 Å². The fraction of sp³-hybridized carbons (Fsp3) is 0.333. The van der Waals surface area contributed by atoms with Crippen LogP contribution in [0.25, 0.3) is 5.69 Å². The van der Waals surface area contributed by atoms with E-state index in [4.69, 9.17) is 4.74 Å². The lowest BCUT2D eigenvalue weighted by Crippen LogP contribution is -2.42. The standard InChI is InChI=1S/C24H27F2N5O3/c1-15-22(31(29-23(15)32)19-6-4-3-5-7-19)28-24(33)27-21-14-30(8-9-34-2)13-20(21)16-10-17(25)12-18(26)11-16/h3-7,10-12,20-21H,8-9,13-14H2,1-2H3,(H,29,32)(H2,27,28,33)/t20-,21+/m0/s1. The van der Waals surface area contributed by atoms with Crippen LogP contribution in [-0.4, -0.2) is 60.1 Å². The molecule has 1 aromatic heterocycles. The summed E-state index contributed by atoms with van der Waals surface area (Å²) in [6.45, 7) is 3.73. The molecule has 2 heterocycles. The van der Waals surface area contributed by atoms with E-state index in [-0.39, 0.29) is 11.5 Å². The number of anilines is 1. The summed E-state index contributed by atoms with van der Waals surface area (Å²) in [6.07, 6.45) is 0. The number of aromatic amines is 1. The zero-order valence-electron chi connectivity index (χ0n) is 19.0. The highest BCUT2D eigenvalue weighted by Gasteiger charge is 2.35. The summed E-state index contributed by atoms with van der Waals surface area (Å²) in [4.78, 5) is 27.3. The third-order valence-corrected chi connectivity index (χ3v) is 6.02. The van der Waals surface area contributed by atoms with Gasteiger partial charge in [-0.3, -0.25) is 20.1 Å². The average molecular weight is 472 g/mol. The van der Waals surface area contributed by atoms with Crippen molar-refractivity contribution < 1.29 is 18.3 Å². The predicted octanol–water partition coefficient (Wildman–Crippen LogP) is 2.99. The van der Waals surface area contributed by atoms with Crippen LogP contribution in [0.5, 0.6) is 0 Å². The molecule has 0 aliphatic carbocycles. The lowest BCUT2D eigenvalue weighted by molar-refractivity contribution is 0.159. The zero-order valence-corrected chi connectivity index (χ0v) is 19.0. The first kappa shape index (κ1) is 23.7. The number of likely N-dealkylation sites (tertiary alicyclic amines) is 1. The van der Waals surface area contributed by atoms with E-state index in [0.29, 0.717) is 48.9 Å². The SMILES string of the molecule is COCCN1C[C@@H](NC(=O)Nc2c(C)c(=O)[nH]n2-c2ccccc2)[C@H](c2cc(F)cc(F)c2)C1. The topological polar surface area (TPSA) is 91.4 Å². The summed E-state index contributed by atoms with van der Waals surface area (Å²) in [6, 6.07) is 11.6. The molecule has 10 heteroatoms. The van der Waals surface area contributed by atoms with Crippen LogP contribution in [0.2, 0.25) is 0 Å². The van der Waals surface area contributed by atoms with E-state index in [1.54, 1.807) is 26.2 Å². The molecule has 0 bridgehead atoms. The highest BCUT2D eigenvalue weighted by molar-refractivity contribution is 5.89. The van der Waals surface area contributed by atoms with Gasteiger partial charge in [-0.15, -0.1) is 0 Å². The summed E-state index contributed by atoms with van der Waals surface area (Å²) in [5.74, 6) is -1.33. The zero-order chi connectivity index (χ0) is 24.2. The molecule has 180 valence electrons. The number of methoxy groups -OCH3 is 1. The van der Waals surface area contributed by atoms with Gasteiger partial charge in [0.05, 0.1) is 23.9 Å². The molecule has 1 aliphatic heterocycles. The minimum atomic E-state index is -0.664. The van der Waals surface area contributed by atoms with Gasteiger partial charge in [-0.05, 0) is 36.8 Å². The van der Waals surface area contributed by atoms with E-state index in [9.17, 15) is 18.4 Å². The Morgan fingerprint density at radius 2 is 1.85 bits per heavy atom. The van der Waals surface area contributed by atoms with Gasteiger partial charge in [0.25, 0.3) is 5.56 Å². The molecule has 0 saturated carbocycles. The van der Waals surface area contributed by atoms with Crippen molar-refractivity contribution in [3.05, 3.63) is 81.6 Å². The van der Waals surface area contributed by atoms with Gasteiger partial charge in [0.1, 0.15) is 17.5 Å². The number of para-hydroxylation sites is 1. The van der Waals surface area contributed by atoms with Crippen LogP contribution in [0.1, 0.15) is 17.0 Å². The Morgan fingerprint density at radius 1 is 1.15 bits per heavy atom. The van der Waals surface area contributed by atoms with Gasteiger partial charge in [0, 0.05) is 38.7 Å². The first-order valence-corrected chi connectivity index (χ1v) is 11.0. The Morgan fingerprint density at radius 3 is 2.53 bits per heavy atom. The molecule has 4 rings (SSSR count). The number of nitrogens with one attached hydrogen (secondary N) is 3. The van der Waals surface area contributed by atoms with Crippen molar-refractivity contribution in [1.82, 2.24) is 20.0 Å². The number of carbonyl (C=O) groups excluding carboxylic acids is 1. The van der Waals surface area contributed by atoms with Crippen LogP contribution in [0.15, 0.2) is 53.3 Å². The second-order valence-corrected chi connectivity index (χ2v) is 8.35. The maximum Gasteiger partial charge on any atom is 0.320 e. The Kier molecular flexibility index (Phi) is 7.09. The van der Waals surface area contributed by atoms with Gasteiger partial charge in [0.2, 0.25) is 0 Å². The minimum Gasteiger partial charge on any atom is -0.383 e. The van der Waals surface area contributed by atoms with Gasteiger partial charge in [0.15, 0.2) is 0 Å². The molecule has 2 amide bonds. The lowest BCUT2D eigenvalue weighted by Gasteiger charge is -2.21. The van der Waals surface area contributed by atoms with E-state index in [2.05, 4.69) is 20.6 Å². The molecule has 2 aromatic carbocycles. The number of H-pyrrole nitrogens is 1. The third kappa shape index (κ3) is 5.18. The summed E-state index contributed by atoms with van der Waals surface area (Å²) < 4.78 is 34.5. The number of hydrogen-bond donors (Lipinski definition) is 3. The van der Waals surface area contributed by atoms with E-state index in [1.165, 1.54) is 16.8 Å². The van der Waals surface area contributed by atoms with Crippen LogP contribution < -0.4 is 16.2 Å². The summed E-state index contributed by atoms with van der Waals surface area (Å²) in [5.41, 5.74) is 1.19. The number of amides is 2. The highest BCUT2D eigenvalue weighted by Crippen LogP contribution is 2.29. The van der Waals surface area contributed by atoms with Crippen molar-refractivity contribution in [2.45, 2.75) is 18.9 Å². The second kappa shape index (κ2) is 10.2. The van der Waals surface area contributed by atoms with Gasteiger partial charge in [-0.1, -0.05) is 18.2 Å². The van der Waals surface area contributed by atoms with Crippen molar-refractivity contribution >= 4 is 11.8 Å². The molecule has 2 atom stereocenters. The smallest absolute Gasteiger partial charge is 0.320 e.